The fourth-order valence-electron chi connectivity index (χ4n) is 3.41. The topological polar surface area (TPSA) is 115 Å². The third kappa shape index (κ3) is 4.45. The summed E-state index contributed by atoms with van der Waals surface area (Å²) in [6, 6.07) is 5.76. The summed E-state index contributed by atoms with van der Waals surface area (Å²) < 4.78 is 22.6. The lowest BCUT2D eigenvalue weighted by Gasteiger charge is -2.18. The Morgan fingerprint density at radius 1 is 1.31 bits per heavy atom. The smallest absolute Gasteiger partial charge is 0.238 e. The van der Waals surface area contributed by atoms with Crippen molar-refractivity contribution >= 4 is 54.9 Å². The maximum atomic E-state index is 12.4. The number of primary sulfonamides is 1. The van der Waals surface area contributed by atoms with E-state index in [1.54, 1.807) is 17.7 Å². The first-order valence-corrected chi connectivity index (χ1v) is 12.5. The summed E-state index contributed by atoms with van der Waals surface area (Å²) in [7, 11) is -3.75. The molecule has 1 aliphatic carbocycles. The highest BCUT2D eigenvalue weighted by atomic mass is 32.2. The van der Waals surface area contributed by atoms with Gasteiger partial charge in [0, 0.05) is 16.0 Å². The van der Waals surface area contributed by atoms with Gasteiger partial charge in [0.05, 0.1) is 10.6 Å². The van der Waals surface area contributed by atoms with Crippen LogP contribution < -0.4 is 10.5 Å². The van der Waals surface area contributed by atoms with E-state index in [9.17, 15) is 13.2 Å². The number of thioether (sulfide) groups is 1. The molecule has 0 fully saturated rings. The molecule has 1 amide bonds. The van der Waals surface area contributed by atoms with Crippen LogP contribution in [0.15, 0.2) is 40.5 Å². The molecule has 0 radical (unpaired) electrons. The van der Waals surface area contributed by atoms with Gasteiger partial charge in [0.15, 0.2) is 0 Å². The molecule has 7 nitrogen and oxygen atoms in total. The molecule has 2 heterocycles. The van der Waals surface area contributed by atoms with Crippen LogP contribution in [0.1, 0.15) is 23.8 Å². The number of hydrogen-bond acceptors (Lipinski definition) is 7. The molecule has 1 atom stereocenters. The monoisotopic (exact) mass is 448 g/mol. The van der Waals surface area contributed by atoms with E-state index in [0.29, 0.717) is 11.6 Å². The third-order valence-electron chi connectivity index (χ3n) is 4.86. The number of anilines is 1. The molecule has 0 aliphatic heterocycles. The summed E-state index contributed by atoms with van der Waals surface area (Å²) in [5.41, 5.74) is 1.85. The number of fused-ring (bicyclic) bond motifs is 3. The summed E-state index contributed by atoms with van der Waals surface area (Å²) >= 11 is 3.12. The van der Waals surface area contributed by atoms with Gasteiger partial charge in [-0.3, -0.25) is 4.79 Å². The van der Waals surface area contributed by atoms with E-state index < -0.39 is 10.0 Å². The second-order valence-corrected chi connectivity index (χ2v) is 10.7. The van der Waals surface area contributed by atoms with E-state index in [1.807, 2.05) is 0 Å². The Kier molecular flexibility index (Phi) is 5.60. The molecule has 152 valence electrons. The van der Waals surface area contributed by atoms with Gasteiger partial charge in [0.2, 0.25) is 15.9 Å². The standard InChI is InChI=1S/C19H20N4O3S3/c1-11-2-7-14-15(8-11)28-19-17(14)18(21-10-22-19)27-9-16(24)23-12-3-5-13(6-4-12)29(20,25)26/h3-6,10-11H,2,7-9H2,1H3,(H,23,24)(H2,20,25,26)/t11-/m1/s1. The number of benzene rings is 1. The van der Waals surface area contributed by atoms with Crippen LogP contribution in [0.25, 0.3) is 10.2 Å². The molecular formula is C19H20N4O3S3. The Morgan fingerprint density at radius 2 is 2.07 bits per heavy atom. The number of sulfonamides is 1. The number of carbonyl (C=O) groups is 1. The van der Waals surface area contributed by atoms with Gasteiger partial charge in [-0.2, -0.15) is 0 Å². The van der Waals surface area contributed by atoms with Crippen molar-refractivity contribution in [1.29, 1.82) is 0 Å². The van der Waals surface area contributed by atoms with Crippen LogP contribution in [0.2, 0.25) is 0 Å². The van der Waals surface area contributed by atoms with Crippen molar-refractivity contribution in [3.8, 4) is 0 Å². The Morgan fingerprint density at radius 3 is 2.79 bits per heavy atom. The molecule has 4 rings (SSSR count). The number of hydrogen-bond donors (Lipinski definition) is 2. The van der Waals surface area contributed by atoms with Crippen molar-refractivity contribution in [2.75, 3.05) is 11.1 Å². The van der Waals surface area contributed by atoms with Gasteiger partial charge in [0.25, 0.3) is 0 Å². The number of rotatable bonds is 5. The molecule has 0 unspecified atom stereocenters. The number of nitrogens with two attached hydrogens (primary N) is 1. The normalized spacial score (nSPS) is 16.6. The number of nitrogens with zero attached hydrogens (tertiary/aromatic N) is 2. The summed E-state index contributed by atoms with van der Waals surface area (Å²) in [6.07, 6.45) is 4.82. The van der Waals surface area contributed by atoms with E-state index in [-0.39, 0.29) is 16.6 Å². The maximum Gasteiger partial charge on any atom is 0.238 e. The Balaban J connectivity index is 1.46. The van der Waals surface area contributed by atoms with Crippen LogP contribution in [0.4, 0.5) is 5.69 Å². The summed E-state index contributed by atoms with van der Waals surface area (Å²) in [6.45, 7) is 2.27. The SMILES string of the molecule is C[C@@H]1CCc2c(sc3ncnc(SCC(=O)Nc4ccc(S(N)(=O)=O)cc4)c23)C1. The fourth-order valence-corrected chi connectivity index (χ4v) is 6.17. The minimum atomic E-state index is -3.75. The minimum Gasteiger partial charge on any atom is -0.325 e. The largest absolute Gasteiger partial charge is 0.325 e. The quantitative estimate of drug-likeness (QED) is 0.457. The highest BCUT2D eigenvalue weighted by Crippen LogP contribution is 2.40. The Bertz CT molecular complexity index is 1170. The number of carbonyl (C=O) groups excluding carboxylic acids is 1. The van der Waals surface area contributed by atoms with Gasteiger partial charge in [-0.25, -0.2) is 23.5 Å². The van der Waals surface area contributed by atoms with E-state index in [2.05, 4.69) is 22.2 Å². The predicted octanol–water partition coefficient (Wildman–Crippen LogP) is 3.19. The van der Waals surface area contributed by atoms with Crippen molar-refractivity contribution < 1.29 is 13.2 Å². The lowest BCUT2D eigenvalue weighted by molar-refractivity contribution is -0.113. The zero-order valence-electron chi connectivity index (χ0n) is 15.7. The Labute approximate surface area is 177 Å². The number of thiophene rings is 1. The maximum absolute atomic E-state index is 12.4. The summed E-state index contributed by atoms with van der Waals surface area (Å²) in [5, 5.41) is 9.77. The van der Waals surface area contributed by atoms with Crippen molar-refractivity contribution in [2.24, 2.45) is 11.1 Å². The van der Waals surface area contributed by atoms with Crippen LogP contribution in [0.5, 0.6) is 0 Å². The first kappa shape index (κ1) is 20.3. The van der Waals surface area contributed by atoms with E-state index in [4.69, 9.17) is 5.14 Å². The zero-order chi connectivity index (χ0) is 20.6. The van der Waals surface area contributed by atoms with Gasteiger partial charge in [-0.05, 0) is 55.0 Å². The van der Waals surface area contributed by atoms with Crippen LogP contribution in [-0.2, 0) is 27.7 Å². The summed E-state index contributed by atoms with van der Waals surface area (Å²) in [4.78, 5) is 23.6. The first-order valence-electron chi connectivity index (χ1n) is 9.12. The van der Waals surface area contributed by atoms with Crippen molar-refractivity contribution in [3.63, 3.8) is 0 Å². The predicted molar refractivity (Wildman–Crippen MR) is 116 cm³/mol. The lowest BCUT2D eigenvalue weighted by Crippen LogP contribution is -2.15. The number of aromatic nitrogens is 2. The van der Waals surface area contributed by atoms with Gasteiger partial charge < -0.3 is 5.32 Å². The molecule has 0 saturated carbocycles. The molecule has 1 aliphatic rings. The van der Waals surface area contributed by atoms with Gasteiger partial charge in [-0.15, -0.1) is 11.3 Å². The minimum absolute atomic E-state index is 0.00445. The molecule has 3 N–H and O–H groups in total. The molecule has 0 bridgehead atoms. The van der Waals surface area contributed by atoms with Crippen LogP contribution in [-0.4, -0.2) is 30.0 Å². The van der Waals surface area contributed by atoms with Crippen LogP contribution in [0, 0.1) is 5.92 Å². The highest BCUT2D eigenvalue weighted by Gasteiger charge is 2.23. The average molecular weight is 449 g/mol. The van der Waals surface area contributed by atoms with Gasteiger partial charge >= 0.3 is 0 Å². The molecule has 10 heteroatoms. The second-order valence-electron chi connectivity index (χ2n) is 7.12. The Hall–Kier alpha value is -2.01. The van der Waals surface area contributed by atoms with Crippen molar-refractivity contribution in [3.05, 3.63) is 41.0 Å². The van der Waals surface area contributed by atoms with Gasteiger partial charge in [0.1, 0.15) is 16.2 Å². The molecule has 1 aromatic carbocycles. The van der Waals surface area contributed by atoms with E-state index >= 15 is 0 Å². The molecule has 29 heavy (non-hydrogen) atoms. The molecule has 2 aromatic heterocycles. The fraction of sp³-hybridized carbons (Fsp3) is 0.316. The van der Waals surface area contributed by atoms with E-state index in [1.165, 1.54) is 46.5 Å². The lowest BCUT2D eigenvalue weighted by atomic mass is 9.89. The van der Waals surface area contributed by atoms with Gasteiger partial charge in [-0.1, -0.05) is 18.7 Å². The van der Waals surface area contributed by atoms with E-state index in [0.717, 1.165) is 34.5 Å². The average Bonchev–Trinajstić information content (AvgIpc) is 3.04. The summed E-state index contributed by atoms with van der Waals surface area (Å²) in [5.74, 6) is 0.693. The molecule has 0 spiro atoms. The number of aryl methyl sites for hydroxylation is 1. The first-order chi connectivity index (χ1) is 13.8. The molecule has 0 saturated heterocycles. The third-order valence-corrected chi connectivity index (χ3v) is 7.94. The number of nitrogens with one attached hydrogen (secondary N) is 1. The highest BCUT2D eigenvalue weighted by molar-refractivity contribution is 8.00. The van der Waals surface area contributed by atoms with Crippen molar-refractivity contribution in [1.82, 2.24) is 9.97 Å². The number of amides is 1. The van der Waals surface area contributed by atoms with Crippen LogP contribution in [0.3, 0.4) is 0 Å². The van der Waals surface area contributed by atoms with Crippen molar-refractivity contribution in [2.45, 2.75) is 36.1 Å². The molecular weight excluding hydrogens is 428 g/mol. The van der Waals surface area contributed by atoms with Crippen LogP contribution >= 0.6 is 23.1 Å². The zero-order valence-corrected chi connectivity index (χ0v) is 18.2. The molecule has 3 aromatic rings. The second kappa shape index (κ2) is 8.02.